The Morgan fingerprint density at radius 3 is 2.21 bits per heavy atom. The van der Waals surface area contributed by atoms with Gasteiger partial charge in [0.15, 0.2) is 0 Å². The van der Waals surface area contributed by atoms with Crippen LogP contribution in [0.1, 0.15) is 21.5 Å². The number of carbonyl (C=O) groups excluding carboxylic acids is 1. The third-order valence-corrected chi connectivity index (χ3v) is 4.31. The zero-order chi connectivity index (χ0) is 19.7. The van der Waals surface area contributed by atoms with E-state index in [9.17, 15) is 18.0 Å². The number of fused-ring (bicyclic) bond motifs is 2. The zero-order valence-electron chi connectivity index (χ0n) is 14.5. The lowest BCUT2D eigenvalue weighted by molar-refractivity contribution is -0.137. The fourth-order valence-corrected chi connectivity index (χ4v) is 2.90. The van der Waals surface area contributed by atoms with Crippen molar-refractivity contribution in [2.45, 2.75) is 12.7 Å². The summed E-state index contributed by atoms with van der Waals surface area (Å²) < 4.78 is 38.4. The summed E-state index contributed by atoms with van der Waals surface area (Å²) in [7, 11) is 0. The molecule has 0 spiro atoms. The van der Waals surface area contributed by atoms with Gasteiger partial charge in [0.05, 0.1) is 27.6 Å². The molecule has 4 nitrogen and oxygen atoms in total. The first-order valence-electron chi connectivity index (χ1n) is 8.51. The summed E-state index contributed by atoms with van der Waals surface area (Å²) >= 11 is 0. The van der Waals surface area contributed by atoms with Crippen LogP contribution >= 0.6 is 0 Å². The summed E-state index contributed by atoms with van der Waals surface area (Å²) in [6.07, 6.45) is -4.42. The van der Waals surface area contributed by atoms with Gasteiger partial charge < -0.3 is 5.32 Å². The maximum absolute atomic E-state index is 12.8. The first kappa shape index (κ1) is 17.9. The van der Waals surface area contributed by atoms with Crippen LogP contribution in [0.5, 0.6) is 0 Å². The number of halogens is 3. The number of benzene rings is 3. The Labute approximate surface area is 158 Å². The van der Waals surface area contributed by atoms with Gasteiger partial charge in [-0.15, -0.1) is 0 Å². The number of rotatable bonds is 3. The smallest absolute Gasteiger partial charge is 0.348 e. The molecule has 0 aliphatic rings. The summed E-state index contributed by atoms with van der Waals surface area (Å²) in [6.45, 7) is -0.00973. The number of alkyl halides is 3. The van der Waals surface area contributed by atoms with Gasteiger partial charge in [-0.05, 0) is 48.0 Å². The molecule has 7 heteroatoms. The van der Waals surface area contributed by atoms with Gasteiger partial charge >= 0.3 is 6.18 Å². The van der Waals surface area contributed by atoms with E-state index in [4.69, 9.17) is 0 Å². The Hall–Kier alpha value is -3.48. The van der Waals surface area contributed by atoms with Crippen molar-refractivity contribution < 1.29 is 18.0 Å². The monoisotopic (exact) mass is 381 g/mol. The molecule has 0 radical (unpaired) electrons. The fraction of sp³-hybridized carbons (Fsp3) is 0.0952. The lowest BCUT2D eigenvalue weighted by Crippen LogP contribution is -2.23. The molecule has 0 bridgehead atoms. The van der Waals surface area contributed by atoms with Crippen LogP contribution in [0, 0.1) is 0 Å². The van der Waals surface area contributed by atoms with Crippen molar-refractivity contribution in [3.63, 3.8) is 0 Å². The van der Waals surface area contributed by atoms with Crippen molar-refractivity contribution in [2.75, 3.05) is 0 Å². The molecule has 4 aromatic rings. The number of aromatic nitrogens is 2. The average molecular weight is 381 g/mol. The minimum absolute atomic E-state index is 0.00973. The lowest BCUT2D eigenvalue weighted by atomic mass is 10.1. The third-order valence-electron chi connectivity index (χ3n) is 4.31. The van der Waals surface area contributed by atoms with E-state index >= 15 is 0 Å². The summed E-state index contributed by atoms with van der Waals surface area (Å²) in [6, 6.07) is 17.2. The van der Waals surface area contributed by atoms with Gasteiger partial charge in [-0.1, -0.05) is 24.3 Å². The number of hydrogen-bond donors (Lipinski definition) is 1. The predicted octanol–water partition coefficient (Wildman–Crippen LogP) is 4.73. The Bertz CT molecular complexity index is 1190. The van der Waals surface area contributed by atoms with Crippen LogP contribution in [0.2, 0.25) is 0 Å². The number of para-hydroxylation sites is 2. The first-order chi connectivity index (χ1) is 13.4. The van der Waals surface area contributed by atoms with Crippen LogP contribution in [-0.4, -0.2) is 15.9 Å². The van der Waals surface area contributed by atoms with Crippen molar-refractivity contribution in [1.29, 1.82) is 0 Å². The maximum atomic E-state index is 12.8. The van der Waals surface area contributed by atoms with Gasteiger partial charge in [0.25, 0.3) is 5.91 Å². The Kier molecular flexibility index (Phi) is 4.43. The van der Waals surface area contributed by atoms with Gasteiger partial charge in [0, 0.05) is 12.1 Å². The van der Waals surface area contributed by atoms with Gasteiger partial charge in [-0.3, -0.25) is 4.79 Å². The summed E-state index contributed by atoms with van der Waals surface area (Å²) in [5.41, 5.74) is 2.71. The first-order valence-corrected chi connectivity index (χ1v) is 8.51. The zero-order valence-corrected chi connectivity index (χ0v) is 14.5. The van der Waals surface area contributed by atoms with E-state index in [2.05, 4.69) is 15.3 Å². The van der Waals surface area contributed by atoms with Gasteiger partial charge in [0.2, 0.25) is 0 Å². The van der Waals surface area contributed by atoms with Crippen LogP contribution in [0.3, 0.4) is 0 Å². The molecule has 1 amide bonds. The minimum Gasteiger partial charge on any atom is -0.348 e. The highest BCUT2D eigenvalue weighted by atomic mass is 19.4. The highest BCUT2D eigenvalue weighted by Crippen LogP contribution is 2.29. The molecule has 1 heterocycles. The molecule has 0 aliphatic heterocycles. The van der Waals surface area contributed by atoms with Gasteiger partial charge in [-0.2, -0.15) is 13.2 Å². The Balaban J connectivity index is 1.55. The Morgan fingerprint density at radius 1 is 0.821 bits per heavy atom. The van der Waals surface area contributed by atoms with E-state index in [1.807, 2.05) is 24.3 Å². The highest BCUT2D eigenvalue weighted by molar-refractivity contribution is 5.98. The SMILES string of the molecule is O=C(NCc1cccc(C(F)(F)F)c1)c1ccc2nc3ccccc3nc2c1. The van der Waals surface area contributed by atoms with E-state index in [1.54, 1.807) is 18.2 Å². The Morgan fingerprint density at radius 2 is 1.50 bits per heavy atom. The molecular weight excluding hydrogens is 367 g/mol. The van der Waals surface area contributed by atoms with Gasteiger partial charge in [-0.25, -0.2) is 9.97 Å². The molecule has 0 atom stereocenters. The number of carbonyl (C=O) groups is 1. The second-order valence-corrected chi connectivity index (χ2v) is 6.30. The second kappa shape index (κ2) is 6.92. The number of hydrogen-bond acceptors (Lipinski definition) is 3. The van der Waals surface area contributed by atoms with Crippen LogP contribution in [0.15, 0.2) is 66.7 Å². The average Bonchev–Trinajstić information content (AvgIpc) is 2.69. The standard InChI is InChI=1S/C21H14F3N3O/c22-21(23,24)15-5-3-4-13(10-15)12-25-20(28)14-8-9-18-19(11-14)27-17-7-2-1-6-16(17)26-18/h1-11H,12H2,(H,25,28). The quantitative estimate of drug-likeness (QED) is 0.522. The van der Waals surface area contributed by atoms with Crippen molar-refractivity contribution in [3.05, 3.63) is 83.4 Å². The van der Waals surface area contributed by atoms with Gasteiger partial charge in [0.1, 0.15) is 0 Å². The molecule has 0 saturated carbocycles. The number of nitrogens with zero attached hydrogens (tertiary/aromatic N) is 2. The molecule has 0 aliphatic carbocycles. The molecule has 0 saturated heterocycles. The highest BCUT2D eigenvalue weighted by Gasteiger charge is 2.30. The van der Waals surface area contributed by atoms with E-state index in [0.717, 1.165) is 23.2 Å². The minimum atomic E-state index is -4.42. The number of nitrogens with one attached hydrogen (secondary N) is 1. The van der Waals surface area contributed by atoms with Crippen LogP contribution in [-0.2, 0) is 12.7 Å². The summed E-state index contributed by atoms with van der Waals surface area (Å²) in [5.74, 6) is -0.394. The molecule has 0 fully saturated rings. The molecular formula is C21H14F3N3O. The number of amides is 1. The molecule has 3 aromatic carbocycles. The van der Waals surface area contributed by atoms with Crippen molar-refractivity contribution in [1.82, 2.24) is 15.3 Å². The molecule has 1 N–H and O–H groups in total. The predicted molar refractivity (Wildman–Crippen MR) is 99.7 cm³/mol. The van der Waals surface area contributed by atoms with E-state index < -0.39 is 17.6 Å². The normalized spacial score (nSPS) is 11.7. The largest absolute Gasteiger partial charge is 0.416 e. The van der Waals surface area contributed by atoms with E-state index in [0.29, 0.717) is 22.2 Å². The van der Waals surface area contributed by atoms with E-state index in [1.165, 1.54) is 12.1 Å². The van der Waals surface area contributed by atoms with Crippen molar-refractivity contribution in [2.24, 2.45) is 0 Å². The third kappa shape index (κ3) is 3.64. The summed E-state index contributed by atoms with van der Waals surface area (Å²) in [4.78, 5) is 21.4. The molecule has 4 rings (SSSR count). The van der Waals surface area contributed by atoms with E-state index in [-0.39, 0.29) is 6.54 Å². The second-order valence-electron chi connectivity index (χ2n) is 6.30. The van der Waals surface area contributed by atoms with Crippen LogP contribution in [0.25, 0.3) is 22.1 Å². The van der Waals surface area contributed by atoms with Crippen molar-refractivity contribution >= 4 is 28.0 Å². The molecule has 28 heavy (non-hydrogen) atoms. The lowest BCUT2D eigenvalue weighted by Gasteiger charge is -2.10. The van der Waals surface area contributed by atoms with Crippen LogP contribution < -0.4 is 5.32 Å². The molecule has 140 valence electrons. The maximum Gasteiger partial charge on any atom is 0.416 e. The van der Waals surface area contributed by atoms with Crippen molar-refractivity contribution in [3.8, 4) is 0 Å². The van der Waals surface area contributed by atoms with Crippen LogP contribution in [0.4, 0.5) is 13.2 Å². The fourth-order valence-electron chi connectivity index (χ4n) is 2.90. The summed E-state index contributed by atoms with van der Waals surface area (Å²) in [5, 5.41) is 2.64. The molecule has 0 unspecified atom stereocenters. The topological polar surface area (TPSA) is 54.9 Å². The molecule has 1 aromatic heterocycles.